The number of aliphatic carboxylic acids is 1. The quantitative estimate of drug-likeness (QED) is 0.791. The van der Waals surface area contributed by atoms with Gasteiger partial charge in [-0.1, -0.05) is 19.8 Å². The Bertz CT molecular complexity index is 322. The molecule has 3 atom stereocenters. The minimum atomic E-state index is -0.896. The van der Waals surface area contributed by atoms with E-state index in [9.17, 15) is 9.59 Å². The summed E-state index contributed by atoms with van der Waals surface area (Å²) in [4.78, 5) is 24.2. The third-order valence-electron chi connectivity index (χ3n) is 3.63. The van der Waals surface area contributed by atoms with E-state index in [0.717, 1.165) is 25.7 Å². The molecule has 1 rings (SSSR count). The maximum Gasteiger partial charge on any atom is 0.317 e. The van der Waals surface area contributed by atoms with E-state index in [-0.39, 0.29) is 24.7 Å². The van der Waals surface area contributed by atoms with Gasteiger partial charge in [-0.15, -0.1) is 0 Å². The van der Waals surface area contributed by atoms with E-state index in [1.807, 2.05) is 0 Å². The fraction of sp³-hybridized carbons (Fsp3) is 0.846. The van der Waals surface area contributed by atoms with Crippen LogP contribution in [-0.2, 0) is 9.53 Å². The molecular formula is C13H24N2O4. The van der Waals surface area contributed by atoms with Gasteiger partial charge in [-0.2, -0.15) is 0 Å². The van der Waals surface area contributed by atoms with Crippen LogP contribution in [0.25, 0.3) is 0 Å². The number of rotatable bonds is 5. The molecule has 0 bridgehead atoms. The van der Waals surface area contributed by atoms with E-state index in [1.54, 1.807) is 21.1 Å². The fourth-order valence-corrected chi connectivity index (χ4v) is 2.38. The maximum atomic E-state index is 12.0. The van der Waals surface area contributed by atoms with E-state index in [4.69, 9.17) is 9.84 Å². The van der Waals surface area contributed by atoms with Crippen LogP contribution in [0.1, 0.15) is 32.6 Å². The predicted octanol–water partition coefficient (Wildman–Crippen LogP) is 1.31. The van der Waals surface area contributed by atoms with Crippen molar-refractivity contribution in [2.45, 2.75) is 44.8 Å². The third-order valence-corrected chi connectivity index (χ3v) is 3.63. The Labute approximate surface area is 114 Å². The van der Waals surface area contributed by atoms with Gasteiger partial charge in [0.05, 0.1) is 18.1 Å². The second kappa shape index (κ2) is 7.33. The highest BCUT2D eigenvalue weighted by Crippen LogP contribution is 2.20. The van der Waals surface area contributed by atoms with E-state index >= 15 is 0 Å². The number of hydrogen-bond acceptors (Lipinski definition) is 3. The first-order chi connectivity index (χ1) is 8.95. The summed E-state index contributed by atoms with van der Waals surface area (Å²) in [7, 11) is 3.27. The Morgan fingerprint density at radius 1 is 1.42 bits per heavy atom. The molecule has 19 heavy (non-hydrogen) atoms. The molecular weight excluding hydrogens is 248 g/mol. The lowest BCUT2D eigenvalue weighted by Gasteiger charge is -2.32. The number of methoxy groups -OCH3 is 1. The number of hydrogen-bond donors (Lipinski definition) is 2. The molecule has 1 aliphatic rings. The number of carboxylic acid groups (broad SMARTS) is 1. The Morgan fingerprint density at radius 2 is 2.05 bits per heavy atom. The summed E-state index contributed by atoms with van der Waals surface area (Å²) in [5.41, 5.74) is 0. The molecule has 0 saturated heterocycles. The molecule has 110 valence electrons. The summed E-state index contributed by atoms with van der Waals surface area (Å²) >= 11 is 0. The van der Waals surface area contributed by atoms with Crippen molar-refractivity contribution in [2.75, 3.05) is 20.7 Å². The summed E-state index contributed by atoms with van der Waals surface area (Å²) in [6.07, 6.45) is 4.13. The lowest BCUT2D eigenvalue weighted by molar-refractivity contribution is -0.141. The van der Waals surface area contributed by atoms with Crippen LogP contribution in [0.4, 0.5) is 4.79 Å². The van der Waals surface area contributed by atoms with Crippen LogP contribution >= 0.6 is 0 Å². The lowest BCUT2D eigenvalue weighted by atomic mass is 9.92. The molecule has 1 saturated carbocycles. The monoisotopic (exact) mass is 272 g/mol. The van der Waals surface area contributed by atoms with Crippen LogP contribution in [0.3, 0.4) is 0 Å². The van der Waals surface area contributed by atoms with Gasteiger partial charge in [0.25, 0.3) is 0 Å². The van der Waals surface area contributed by atoms with Crippen molar-refractivity contribution in [3.05, 3.63) is 0 Å². The third kappa shape index (κ3) is 4.70. The molecule has 0 aromatic rings. The van der Waals surface area contributed by atoms with Gasteiger partial charge >= 0.3 is 12.0 Å². The van der Waals surface area contributed by atoms with Gasteiger partial charge < -0.3 is 20.1 Å². The highest BCUT2D eigenvalue weighted by atomic mass is 16.5. The first kappa shape index (κ1) is 15.8. The number of nitrogens with one attached hydrogen (secondary N) is 1. The van der Waals surface area contributed by atoms with E-state index in [1.165, 1.54) is 4.90 Å². The SMILES string of the molecule is CO[C@@H]1CCCC[C@H]1NC(=O)N(C)CC(C)C(=O)O. The van der Waals surface area contributed by atoms with E-state index in [2.05, 4.69) is 5.32 Å². The van der Waals surface area contributed by atoms with Crippen molar-refractivity contribution in [3.63, 3.8) is 0 Å². The topological polar surface area (TPSA) is 78.9 Å². The zero-order valence-corrected chi connectivity index (χ0v) is 11.9. The minimum absolute atomic E-state index is 0.0221. The van der Waals surface area contributed by atoms with Crippen LogP contribution in [0.5, 0.6) is 0 Å². The van der Waals surface area contributed by atoms with Gasteiger partial charge in [-0.3, -0.25) is 4.79 Å². The van der Waals surface area contributed by atoms with Crippen LogP contribution in [0.2, 0.25) is 0 Å². The highest BCUT2D eigenvalue weighted by Gasteiger charge is 2.27. The summed E-state index contributed by atoms with van der Waals surface area (Å²) in [6, 6.07) is -0.212. The molecule has 1 unspecified atom stereocenters. The van der Waals surface area contributed by atoms with Crippen molar-refractivity contribution in [3.8, 4) is 0 Å². The number of nitrogens with zero attached hydrogens (tertiary/aromatic N) is 1. The standard InChI is InChI=1S/C13H24N2O4/c1-9(12(16)17)8-15(2)13(18)14-10-6-4-5-7-11(10)19-3/h9-11H,4-8H2,1-3H3,(H,14,18)(H,16,17)/t9?,10-,11-/m1/s1. The predicted molar refractivity (Wildman–Crippen MR) is 71.0 cm³/mol. The average molecular weight is 272 g/mol. The van der Waals surface area contributed by atoms with Crippen molar-refractivity contribution in [1.82, 2.24) is 10.2 Å². The molecule has 1 aliphatic carbocycles. The number of amides is 2. The van der Waals surface area contributed by atoms with Crippen LogP contribution in [0.15, 0.2) is 0 Å². The van der Waals surface area contributed by atoms with Gasteiger partial charge in [0.15, 0.2) is 0 Å². The van der Waals surface area contributed by atoms with Gasteiger partial charge in [0.2, 0.25) is 0 Å². The van der Waals surface area contributed by atoms with E-state index < -0.39 is 11.9 Å². The van der Waals surface area contributed by atoms with Gasteiger partial charge in [0.1, 0.15) is 0 Å². The lowest BCUT2D eigenvalue weighted by Crippen LogP contribution is -2.50. The number of carboxylic acids is 1. The van der Waals surface area contributed by atoms with Crippen LogP contribution in [0, 0.1) is 5.92 Å². The first-order valence-corrected chi connectivity index (χ1v) is 6.73. The van der Waals surface area contributed by atoms with Crippen molar-refractivity contribution >= 4 is 12.0 Å². The molecule has 0 heterocycles. The second-order valence-electron chi connectivity index (χ2n) is 5.23. The number of carbonyl (C=O) groups excluding carboxylic acids is 1. The largest absolute Gasteiger partial charge is 0.481 e. The molecule has 0 spiro atoms. The second-order valence-corrected chi connectivity index (χ2v) is 5.23. The van der Waals surface area contributed by atoms with Crippen molar-refractivity contribution in [2.24, 2.45) is 5.92 Å². The molecule has 2 amide bonds. The highest BCUT2D eigenvalue weighted by molar-refractivity contribution is 5.76. The number of ether oxygens (including phenoxy) is 1. The van der Waals surface area contributed by atoms with E-state index in [0.29, 0.717) is 0 Å². The molecule has 0 aliphatic heterocycles. The Hall–Kier alpha value is -1.30. The molecule has 0 radical (unpaired) electrons. The van der Waals surface area contributed by atoms with Crippen LogP contribution < -0.4 is 5.32 Å². The fourth-order valence-electron chi connectivity index (χ4n) is 2.38. The minimum Gasteiger partial charge on any atom is -0.481 e. The maximum absolute atomic E-state index is 12.0. The zero-order valence-electron chi connectivity index (χ0n) is 11.9. The van der Waals surface area contributed by atoms with Gasteiger partial charge in [-0.05, 0) is 12.8 Å². The summed E-state index contributed by atoms with van der Waals surface area (Å²) in [5.74, 6) is -1.47. The summed E-state index contributed by atoms with van der Waals surface area (Å²) in [5, 5.41) is 11.8. The first-order valence-electron chi connectivity index (χ1n) is 6.73. The van der Waals surface area contributed by atoms with Crippen molar-refractivity contribution < 1.29 is 19.4 Å². The smallest absolute Gasteiger partial charge is 0.317 e. The molecule has 2 N–H and O–H groups in total. The number of urea groups is 1. The van der Waals surface area contributed by atoms with Gasteiger partial charge in [-0.25, -0.2) is 4.79 Å². The zero-order chi connectivity index (χ0) is 14.4. The molecule has 0 aromatic carbocycles. The Kier molecular flexibility index (Phi) is 6.08. The Balaban J connectivity index is 2.46. The van der Waals surface area contributed by atoms with Crippen LogP contribution in [-0.4, -0.2) is 54.9 Å². The average Bonchev–Trinajstić information content (AvgIpc) is 2.38. The summed E-state index contributed by atoms with van der Waals surface area (Å²) in [6.45, 7) is 1.79. The normalized spacial score (nSPS) is 24.6. The summed E-state index contributed by atoms with van der Waals surface area (Å²) < 4.78 is 5.38. The molecule has 6 nitrogen and oxygen atoms in total. The van der Waals surface area contributed by atoms with Crippen molar-refractivity contribution in [1.29, 1.82) is 0 Å². The molecule has 6 heteroatoms. The van der Waals surface area contributed by atoms with Gasteiger partial charge in [0, 0.05) is 20.7 Å². The Morgan fingerprint density at radius 3 is 2.63 bits per heavy atom. The number of carbonyl (C=O) groups is 2. The molecule has 0 aromatic heterocycles. The molecule has 1 fully saturated rings.